The smallest absolute Gasteiger partial charge is 0.222 e. The zero-order valence-corrected chi connectivity index (χ0v) is 16.0. The van der Waals surface area contributed by atoms with Crippen LogP contribution in [-0.2, 0) is 9.59 Å². The van der Waals surface area contributed by atoms with E-state index in [0.717, 1.165) is 5.56 Å². The van der Waals surface area contributed by atoms with Crippen molar-refractivity contribution in [2.75, 3.05) is 13.7 Å². The summed E-state index contributed by atoms with van der Waals surface area (Å²) in [5.74, 6) is 0.174. The van der Waals surface area contributed by atoms with E-state index >= 15 is 0 Å². The SMILES string of the molecule is COc1ccc(C(O)CNC(=O)CC(NC(C)=O)c2ccc(Cl)cc2)cc1. The first-order chi connectivity index (χ1) is 12.9. The van der Waals surface area contributed by atoms with Gasteiger partial charge in [0, 0.05) is 18.5 Å². The molecule has 0 saturated carbocycles. The predicted molar refractivity (Wildman–Crippen MR) is 104 cm³/mol. The average molecular weight is 391 g/mol. The minimum Gasteiger partial charge on any atom is -0.497 e. The van der Waals surface area contributed by atoms with Crippen LogP contribution < -0.4 is 15.4 Å². The van der Waals surface area contributed by atoms with Gasteiger partial charge in [-0.3, -0.25) is 9.59 Å². The molecule has 2 rings (SSSR count). The van der Waals surface area contributed by atoms with Crippen molar-refractivity contribution in [1.29, 1.82) is 0 Å². The maximum atomic E-state index is 12.3. The van der Waals surface area contributed by atoms with Gasteiger partial charge in [0.05, 0.1) is 25.7 Å². The number of methoxy groups -OCH3 is 1. The Hall–Kier alpha value is -2.57. The van der Waals surface area contributed by atoms with Crippen LogP contribution in [-0.4, -0.2) is 30.6 Å². The third-order valence-corrected chi connectivity index (χ3v) is 4.28. The zero-order chi connectivity index (χ0) is 19.8. The molecule has 27 heavy (non-hydrogen) atoms. The minimum absolute atomic E-state index is 0.0521. The van der Waals surface area contributed by atoms with Gasteiger partial charge in [0.1, 0.15) is 5.75 Å². The topological polar surface area (TPSA) is 87.7 Å². The van der Waals surface area contributed by atoms with E-state index in [1.54, 1.807) is 55.6 Å². The Morgan fingerprint density at radius 2 is 1.67 bits per heavy atom. The molecule has 7 heteroatoms. The van der Waals surface area contributed by atoms with Crippen molar-refractivity contribution in [1.82, 2.24) is 10.6 Å². The third-order valence-electron chi connectivity index (χ3n) is 4.03. The molecule has 2 aromatic rings. The molecule has 6 nitrogen and oxygen atoms in total. The number of amides is 2. The number of aliphatic hydroxyl groups is 1. The van der Waals surface area contributed by atoms with E-state index < -0.39 is 12.1 Å². The van der Waals surface area contributed by atoms with E-state index in [2.05, 4.69) is 10.6 Å². The van der Waals surface area contributed by atoms with Crippen molar-refractivity contribution in [3.05, 3.63) is 64.7 Å². The van der Waals surface area contributed by atoms with E-state index in [-0.39, 0.29) is 24.8 Å². The summed E-state index contributed by atoms with van der Waals surface area (Å²) < 4.78 is 5.08. The number of hydrogen-bond donors (Lipinski definition) is 3. The van der Waals surface area contributed by atoms with Gasteiger partial charge in [-0.15, -0.1) is 0 Å². The minimum atomic E-state index is -0.838. The van der Waals surface area contributed by atoms with Gasteiger partial charge in [0.2, 0.25) is 11.8 Å². The largest absolute Gasteiger partial charge is 0.497 e. The lowest BCUT2D eigenvalue weighted by Gasteiger charge is -2.19. The summed E-state index contributed by atoms with van der Waals surface area (Å²) in [7, 11) is 1.57. The molecule has 0 saturated heterocycles. The van der Waals surface area contributed by atoms with Crippen molar-refractivity contribution in [2.45, 2.75) is 25.5 Å². The second-order valence-corrected chi connectivity index (χ2v) is 6.54. The summed E-state index contributed by atoms with van der Waals surface area (Å²) in [4.78, 5) is 23.8. The number of nitrogens with one attached hydrogen (secondary N) is 2. The zero-order valence-electron chi connectivity index (χ0n) is 15.2. The Bertz CT molecular complexity index is 763. The van der Waals surface area contributed by atoms with Crippen LogP contribution in [0.15, 0.2) is 48.5 Å². The number of benzene rings is 2. The summed E-state index contributed by atoms with van der Waals surface area (Å²) in [6.07, 6.45) is -0.786. The number of carbonyl (C=O) groups excluding carboxylic acids is 2. The summed E-state index contributed by atoms with van der Waals surface area (Å²) in [5, 5.41) is 16.3. The van der Waals surface area contributed by atoms with Gasteiger partial charge in [-0.1, -0.05) is 35.9 Å². The fraction of sp³-hybridized carbons (Fsp3) is 0.300. The molecule has 0 bridgehead atoms. The van der Waals surface area contributed by atoms with Crippen LogP contribution in [0.5, 0.6) is 5.75 Å². The Morgan fingerprint density at radius 1 is 1.07 bits per heavy atom. The fourth-order valence-electron chi connectivity index (χ4n) is 2.60. The van der Waals surface area contributed by atoms with E-state index in [4.69, 9.17) is 16.3 Å². The van der Waals surface area contributed by atoms with Crippen LogP contribution in [0.4, 0.5) is 0 Å². The number of ether oxygens (including phenoxy) is 1. The average Bonchev–Trinajstić information content (AvgIpc) is 2.66. The number of aliphatic hydroxyl groups excluding tert-OH is 1. The van der Waals surface area contributed by atoms with Crippen LogP contribution in [0.25, 0.3) is 0 Å². The molecule has 0 fully saturated rings. The lowest BCUT2D eigenvalue weighted by molar-refractivity contribution is -0.123. The number of hydrogen-bond acceptors (Lipinski definition) is 4. The molecule has 2 atom stereocenters. The second-order valence-electron chi connectivity index (χ2n) is 6.10. The Kier molecular flexibility index (Phi) is 7.64. The maximum absolute atomic E-state index is 12.3. The molecular formula is C20H23ClN2O4. The molecule has 144 valence electrons. The first-order valence-electron chi connectivity index (χ1n) is 8.50. The quantitative estimate of drug-likeness (QED) is 0.646. The Morgan fingerprint density at radius 3 is 2.22 bits per heavy atom. The molecule has 3 N–H and O–H groups in total. The second kappa shape index (κ2) is 9.94. The van der Waals surface area contributed by atoms with Crippen LogP contribution >= 0.6 is 11.6 Å². The van der Waals surface area contributed by atoms with Gasteiger partial charge in [0.15, 0.2) is 0 Å². The van der Waals surface area contributed by atoms with Gasteiger partial charge in [-0.2, -0.15) is 0 Å². The predicted octanol–water partition coefficient (Wildman–Crippen LogP) is 2.77. The van der Waals surface area contributed by atoms with E-state index in [1.807, 2.05) is 0 Å². The standard InChI is InChI=1S/C20H23ClN2O4/c1-13(24)23-18(14-3-7-16(21)8-4-14)11-20(26)22-12-19(25)15-5-9-17(27-2)10-6-15/h3-10,18-19,25H,11-12H2,1-2H3,(H,22,26)(H,23,24). The van der Waals surface area contributed by atoms with Crippen LogP contribution in [0.1, 0.15) is 36.6 Å². The number of halogens is 1. The summed E-state index contributed by atoms with van der Waals surface area (Å²) in [5.41, 5.74) is 1.45. The fourth-order valence-corrected chi connectivity index (χ4v) is 2.73. The molecule has 0 aliphatic rings. The van der Waals surface area contributed by atoms with Gasteiger partial charge in [-0.25, -0.2) is 0 Å². The molecule has 2 aromatic carbocycles. The highest BCUT2D eigenvalue weighted by Crippen LogP contribution is 2.20. The van der Waals surface area contributed by atoms with E-state index in [0.29, 0.717) is 16.3 Å². The highest BCUT2D eigenvalue weighted by atomic mass is 35.5. The lowest BCUT2D eigenvalue weighted by Crippen LogP contribution is -2.34. The van der Waals surface area contributed by atoms with Crippen molar-refractivity contribution in [3.63, 3.8) is 0 Å². The number of carbonyl (C=O) groups is 2. The summed E-state index contributed by atoms with van der Waals surface area (Å²) in [6.45, 7) is 1.47. The van der Waals surface area contributed by atoms with Gasteiger partial charge < -0.3 is 20.5 Å². The Labute approximate surface area is 163 Å². The number of rotatable bonds is 8. The molecule has 2 amide bonds. The van der Waals surface area contributed by atoms with Crippen LogP contribution in [0.3, 0.4) is 0 Å². The van der Waals surface area contributed by atoms with Gasteiger partial charge >= 0.3 is 0 Å². The third kappa shape index (κ3) is 6.58. The van der Waals surface area contributed by atoms with Crippen LogP contribution in [0, 0.1) is 0 Å². The molecule has 0 aliphatic heterocycles. The highest BCUT2D eigenvalue weighted by molar-refractivity contribution is 6.30. The monoisotopic (exact) mass is 390 g/mol. The molecular weight excluding hydrogens is 368 g/mol. The summed E-state index contributed by atoms with van der Waals surface area (Å²) in [6, 6.07) is 13.4. The van der Waals surface area contributed by atoms with Crippen molar-refractivity contribution < 1.29 is 19.4 Å². The molecule has 0 heterocycles. The highest BCUT2D eigenvalue weighted by Gasteiger charge is 2.18. The van der Waals surface area contributed by atoms with Crippen molar-refractivity contribution in [2.24, 2.45) is 0 Å². The van der Waals surface area contributed by atoms with E-state index in [9.17, 15) is 14.7 Å². The molecule has 0 aromatic heterocycles. The molecule has 0 spiro atoms. The van der Waals surface area contributed by atoms with E-state index in [1.165, 1.54) is 6.92 Å². The molecule has 2 unspecified atom stereocenters. The molecule has 0 radical (unpaired) electrons. The first-order valence-corrected chi connectivity index (χ1v) is 8.88. The Balaban J connectivity index is 1.94. The molecule has 0 aliphatic carbocycles. The van der Waals surface area contributed by atoms with Crippen molar-refractivity contribution in [3.8, 4) is 5.75 Å². The lowest BCUT2D eigenvalue weighted by atomic mass is 10.0. The van der Waals surface area contributed by atoms with Gasteiger partial charge in [-0.05, 0) is 35.4 Å². The van der Waals surface area contributed by atoms with Crippen LogP contribution in [0.2, 0.25) is 5.02 Å². The normalized spacial score (nSPS) is 12.7. The first kappa shape index (κ1) is 20.7. The maximum Gasteiger partial charge on any atom is 0.222 e. The summed E-state index contributed by atoms with van der Waals surface area (Å²) >= 11 is 5.89. The van der Waals surface area contributed by atoms with Crippen molar-refractivity contribution >= 4 is 23.4 Å². The van der Waals surface area contributed by atoms with Gasteiger partial charge in [0.25, 0.3) is 0 Å².